The summed E-state index contributed by atoms with van der Waals surface area (Å²) >= 11 is 3.47. The molecule has 0 saturated carbocycles. The molecule has 2 rings (SSSR count). The minimum absolute atomic E-state index is 0.241. The Labute approximate surface area is 110 Å². The molecule has 94 valence electrons. The van der Waals surface area contributed by atoms with Crippen LogP contribution in [0.1, 0.15) is 6.92 Å². The molecular formula is C12H17BrN2O2. The van der Waals surface area contributed by atoms with Crippen LogP contribution in [0.2, 0.25) is 0 Å². The van der Waals surface area contributed by atoms with E-state index in [0.717, 1.165) is 24.2 Å². The van der Waals surface area contributed by atoms with Gasteiger partial charge in [-0.15, -0.1) is 0 Å². The van der Waals surface area contributed by atoms with Gasteiger partial charge in [0.15, 0.2) is 0 Å². The molecule has 4 nitrogen and oxygen atoms in total. The molecule has 1 saturated heterocycles. The molecule has 1 aromatic heterocycles. The zero-order valence-corrected chi connectivity index (χ0v) is 11.7. The maximum absolute atomic E-state index is 5.71. The van der Waals surface area contributed by atoms with Crippen molar-refractivity contribution >= 4 is 21.6 Å². The number of nitrogens with zero attached hydrogens (tertiary/aromatic N) is 2. The second-order valence-electron chi connectivity index (χ2n) is 4.17. The standard InChI is InChI=1S/C12H17BrN2O2/c1-9-8-17-11(6-13)7-15(9)10-3-4-14-12(5-10)16-2/h3-5,9,11H,6-8H2,1-2H3. The van der Waals surface area contributed by atoms with Gasteiger partial charge in [-0.3, -0.25) is 0 Å². The molecule has 0 aromatic carbocycles. The van der Waals surface area contributed by atoms with Crippen LogP contribution in [0.5, 0.6) is 5.88 Å². The van der Waals surface area contributed by atoms with Crippen LogP contribution in [0.4, 0.5) is 5.69 Å². The van der Waals surface area contributed by atoms with Gasteiger partial charge in [-0.1, -0.05) is 15.9 Å². The number of pyridine rings is 1. The molecule has 17 heavy (non-hydrogen) atoms. The molecule has 0 bridgehead atoms. The fraction of sp³-hybridized carbons (Fsp3) is 0.583. The van der Waals surface area contributed by atoms with Gasteiger partial charge < -0.3 is 14.4 Å². The number of hydrogen-bond donors (Lipinski definition) is 0. The van der Waals surface area contributed by atoms with Gasteiger partial charge in [0, 0.05) is 35.9 Å². The zero-order valence-electron chi connectivity index (χ0n) is 10.1. The molecule has 0 N–H and O–H groups in total. The van der Waals surface area contributed by atoms with Crippen LogP contribution in [0.25, 0.3) is 0 Å². The average molecular weight is 301 g/mol. The van der Waals surface area contributed by atoms with Crippen LogP contribution in [-0.2, 0) is 4.74 Å². The Bertz CT molecular complexity index is 375. The summed E-state index contributed by atoms with van der Waals surface area (Å²) in [5.41, 5.74) is 1.14. The zero-order chi connectivity index (χ0) is 12.3. The van der Waals surface area contributed by atoms with Gasteiger partial charge in [-0.2, -0.15) is 0 Å². The SMILES string of the molecule is COc1cc(N2CC(CBr)OCC2C)ccn1. The van der Waals surface area contributed by atoms with Gasteiger partial charge in [0.2, 0.25) is 5.88 Å². The molecule has 2 heterocycles. The molecule has 0 spiro atoms. The minimum Gasteiger partial charge on any atom is -0.481 e. The Hall–Kier alpha value is -0.810. The van der Waals surface area contributed by atoms with Crippen LogP contribution >= 0.6 is 15.9 Å². The Kier molecular flexibility index (Phi) is 4.23. The van der Waals surface area contributed by atoms with Crippen LogP contribution in [-0.4, -0.2) is 42.7 Å². The third-order valence-corrected chi connectivity index (χ3v) is 3.66. The first-order valence-corrected chi connectivity index (χ1v) is 6.81. The fourth-order valence-corrected chi connectivity index (χ4v) is 2.35. The third kappa shape index (κ3) is 2.90. The summed E-state index contributed by atoms with van der Waals surface area (Å²) in [7, 11) is 1.64. The summed E-state index contributed by atoms with van der Waals surface area (Å²) in [6.45, 7) is 3.80. The Morgan fingerprint density at radius 1 is 1.65 bits per heavy atom. The molecule has 1 fully saturated rings. The van der Waals surface area contributed by atoms with E-state index in [4.69, 9.17) is 9.47 Å². The minimum atomic E-state index is 0.241. The summed E-state index contributed by atoms with van der Waals surface area (Å²) in [6, 6.07) is 4.35. The summed E-state index contributed by atoms with van der Waals surface area (Å²) in [4.78, 5) is 6.46. The molecule has 2 atom stereocenters. The summed E-state index contributed by atoms with van der Waals surface area (Å²) in [5.74, 6) is 0.650. The molecular weight excluding hydrogens is 284 g/mol. The van der Waals surface area contributed by atoms with Crippen molar-refractivity contribution in [3.8, 4) is 5.88 Å². The highest BCUT2D eigenvalue weighted by atomic mass is 79.9. The van der Waals surface area contributed by atoms with Crippen molar-refractivity contribution in [2.75, 3.05) is 30.5 Å². The first-order chi connectivity index (χ1) is 8.24. The van der Waals surface area contributed by atoms with Gasteiger partial charge in [0.25, 0.3) is 0 Å². The van der Waals surface area contributed by atoms with Crippen molar-refractivity contribution in [2.24, 2.45) is 0 Å². The number of rotatable bonds is 3. The van der Waals surface area contributed by atoms with E-state index < -0.39 is 0 Å². The number of hydrogen-bond acceptors (Lipinski definition) is 4. The highest BCUT2D eigenvalue weighted by Gasteiger charge is 2.25. The molecule has 0 amide bonds. The predicted molar refractivity (Wildman–Crippen MR) is 71.1 cm³/mol. The number of alkyl halides is 1. The quantitative estimate of drug-likeness (QED) is 0.801. The van der Waals surface area contributed by atoms with E-state index in [1.807, 2.05) is 12.1 Å². The van der Waals surface area contributed by atoms with E-state index >= 15 is 0 Å². The van der Waals surface area contributed by atoms with E-state index in [0.29, 0.717) is 11.9 Å². The van der Waals surface area contributed by atoms with Crippen molar-refractivity contribution in [3.05, 3.63) is 18.3 Å². The molecule has 1 aliphatic heterocycles. The van der Waals surface area contributed by atoms with Crippen LogP contribution in [0, 0.1) is 0 Å². The normalized spacial score (nSPS) is 24.8. The fourth-order valence-electron chi connectivity index (χ4n) is 1.96. The van der Waals surface area contributed by atoms with E-state index in [2.05, 4.69) is 32.7 Å². The summed E-state index contributed by atoms with van der Waals surface area (Å²) in [5, 5.41) is 0.860. The Morgan fingerprint density at radius 3 is 3.18 bits per heavy atom. The average Bonchev–Trinajstić information content (AvgIpc) is 2.39. The Balaban J connectivity index is 2.18. The van der Waals surface area contributed by atoms with Crippen LogP contribution in [0.3, 0.4) is 0 Å². The maximum Gasteiger partial charge on any atom is 0.214 e. The second kappa shape index (κ2) is 5.69. The highest BCUT2D eigenvalue weighted by molar-refractivity contribution is 9.09. The van der Waals surface area contributed by atoms with Gasteiger partial charge in [-0.25, -0.2) is 4.98 Å². The molecule has 2 unspecified atom stereocenters. The first kappa shape index (κ1) is 12.6. The number of anilines is 1. The van der Waals surface area contributed by atoms with Gasteiger partial charge in [-0.05, 0) is 13.0 Å². The first-order valence-electron chi connectivity index (χ1n) is 5.69. The molecule has 1 aromatic rings. The van der Waals surface area contributed by atoms with E-state index in [9.17, 15) is 0 Å². The molecule has 5 heteroatoms. The number of aromatic nitrogens is 1. The maximum atomic E-state index is 5.71. The lowest BCUT2D eigenvalue weighted by molar-refractivity contribution is 0.0379. The van der Waals surface area contributed by atoms with E-state index in [-0.39, 0.29) is 6.10 Å². The topological polar surface area (TPSA) is 34.6 Å². The Morgan fingerprint density at radius 2 is 2.47 bits per heavy atom. The van der Waals surface area contributed by atoms with Crippen molar-refractivity contribution in [1.29, 1.82) is 0 Å². The molecule has 1 aliphatic rings. The predicted octanol–water partition coefficient (Wildman–Crippen LogP) is 2.08. The highest BCUT2D eigenvalue weighted by Crippen LogP contribution is 2.24. The second-order valence-corrected chi connectivity index (χ2v) is 4.81. The van der Waals surface area contributed by atoms with Crippen molar-refractivity contribution < 1.29 is 9.47 Å². The largest absolute Gasteiger partial charge is 0.481 e. The van der Waals surface area contributed by atoms with Crippen LogP contribution < -0.4 is 9.64 Å². The lowest BCUT2D eigenvalue weighted by Crippen LogP contribution is -2.49. The lowest BCUT2D eigenvalue weighted by Gasteiger charge is -2.39. The number of ether oxygens (including phenoxy) is 2. The van der Waals surface area contributed by atoms with Crippen molar-refractivity contribution in [2.45, 2.75) is 19.1 Å². The smallest absolute Gasteiger partial charge is 0.214 e. The van der Waals surface area contributed by atoms with Crippen molar-refractivity contribution in [1.82, 2.24) is 4.98 Å². The number of methoxy groups -OCH3 is 1. The lowest BCUT2D eigenvalue weighted by atomic mass is 10.2. The van der Waals surface area contributed by atoms with Gasteiger partial charge in [0.1, 0.15) is 0 Å². The van der Waals surface area contributed by atoms with E-state index in [1.165, 1.54) is 0 Å². The van der Waals surface area contributed by atoms with Gasteiger partial charge >= 0.3 is 0 Å². The molecule has 0 aliphatic carbocycles. The summed E-state index contributed by atoms with van der Waals surface area (Å²) in [6.07, 6.45) is 2.02. The number of morpholine rings is 1. The van der Waals surface area contributed by atoms with Crippen LogP contribution in [0.15, 0.2) is 18.3 Å². The van der Waals surface area contributed by atoms with Crippen molar-refractivity contribution in [3.63, 3.8) is 0 Å². The summed E-state index contributed by atoms with van der Waals surface area (Å²) < 4.78 is 10.9. The van der Waals surface area contributed by atoms with Gasteiger partial charge in [0.05, 0.1) is 19.8 Å². The third-order valence-electron chi connectivity index (χ3n) is 2.94. The van der Waals surface area contributed by atoms with E-state index in [1.54, 1.807) is 13.3 Å². The number of halogens is 1. The monoisotopic (exact) mass is 300 g/mol. The molecule has 0 radical (unpaired) electrons.